The third kappa shape index (κ3) is 4.25. The Balaban J connectivity index is 1.76. The number of rotatable bonds is 5. The summed E-state index contributed by atoms with van der Waals surface area (Å²) in [7, 11) is 0. The quantitative estimate of drug-likeness (QED) is 0.316. The lowest BCUT2D eigenvalue weighted by Crippen LogP contribution is -2.31. The monoisotopic (exact) mass is 529 g/mol. The van der Waals surface area contributed by atoms with Crippen LogP contribution in [0.15, 0.2) is 58.1 Å². The highest BCUT2D eigenvalue weighted by molar-refractivity contribution is 9.10. The van der Waals surface area contributed by atoms with Crippen molar-refractivity contribution in [2.45, 2.75) is 33.2 Å². The van der Waals surface area contributed by atoms with Crippen LogP contribution < -0.4 is 10.9 Å². The largest absolute Gasteiger partial charge is 0.324 e. The number of hydrogen-bond acceptors (Lipinski definition) is 4. The molecule has 0 bridgehead atoms. The van der Waals surface area contributed by atoms with E-state index in [4.69, 9.17) is 11.6 Å². The molecule has 0 saturated carbocycles. The van der Waals surface area contributed by atoms with Gasteiger partial charge in [-0.3, -0.25) is 14.2 Å². The fourth-order valence-electron chi connectivity index (χ4n) is 3.54. The predicted octanol–water partition coefficient (Wildman–Crippen LogP) is 6.61. The highest BCUT2D eigenvalue weighted by Gasteiger charge is 2.22. The fraction of sp³-hybridized carbons (Fsp3) is 0.208. The zero-order chi connectivity index (χ0) is 23.0. The first-order valence-corrected chi connectivity index (χ1v) is 12.1. The molecular weight excluding hydrogens is 510 g/mol. The number of thiophene rings is 1. The standard InChI is InChI=1S/C24H21BrClN3O2S/c1-4-19-20(15-6-8-16(25)9-7-15)21-23(32-19)27-12-29(24(21)31)14(3)22(30)28-17-10-5-13(2)18(26)11-17/h5-12,14H,4H2,1-3H3,(H,28,30). The Kier molecular flexibility index (Phi) is 6.51. The molecule has 1 unspecified atom stereocenters. The molecule has 164 valence electrons. The molecule has 0 aliphatic heterocycles. The van der Waals surface area contributed by atoms with Crippen LogP contribution in [0, 0.1) is 6.92 Å². The van der Waals surface area contributed by atoms with E-state index in [0.717, 1.165) is 32.5 Å². The first-order chi connectivity index (χ1) is 15.3. The Morgan fingerprint density at radius 1 is 1.25 bits per heavy atom. The Labute approximate surface area is 203 Å². The minimum Gasteiger partial charge on any atom is -0.324 e. The Morgan fingerprint density at radius 2 is 1.97 bits per heavy atom. The molecule has 5 nitrogen and oxygen atoms in total. The van der Waals surface area contributed by atoms with Crippen LogP contribution in [0.25, 0.3) is 21.3 Å². The van der Waals surface area contributed by atoms with Gasteiger partial charge in [-0.15, -0.1) is 11.3 Å². The van der Waals surface area contributed by atoms with Gasteiger partial charge in [0.25, 0.3) is 5.56 Å². The van der Waals surface area contributed by atoms with Crippen LogP contribution in [0.1, 0.15) is 30.3 Å². The number of aryl methyl sites for hydroxylation is 2. The fourth-order valence-corrected chi connectivity index (χ4v) is 5.08. The summed E-state index contributed by atoms with van der Waals surface area (Å²) < 4.78 is 2.36. The van der Waals surface area contributed by atoms with E-state index in [0.29, 0.717) is 20.9 Å². The summed E-state index contributed by atoms with van der Waals surface area (Å²) in [4.78, 5) is 32.7. The number of nitrogens with one attached hydrogen (secondary N) is 1. The van der Waals surface area contributed by atoms with Gasteiger partial charge in [0.05, 0.1) is 11.7 Å². The Morgan fingerprint density at radius 3 is 2.62 bits per heavy atom. The Bertz CT molecular complexity index is 1380. The molecule has 2 aromatic heterocycles. The van der Waals surface area contributed by atoms with Crippen molar-refractivity contribution in [1.82, 2.24) is 9.55 Å². The first-order valence-electron chi connectivity index (χ1n) is 10.2. The van der Waals surface area contributed by atoms with E-state index < -0.39 is 6.04 Å². The van der Waals surface area contributed by atoms with Gasteiger partial charge in [-0.05, 0) is 55.7 Å². The van der Waals surface area contributed by atoms with E-state index in [9.17, 15) is 9.59 Å². The highest BCUT2D eigenvalue weighted by Crippen LogP contribution is 2.37. The second-order valence-corrected chi connectivity index (χ2v) is 9.93. The molecule has 1 N–H and O–H groups in total. The molecule has 0 saturated heterocycles. The number of hydrogen-bond donors (Lipinski definition) is 1. The second kappa shape index (κ2) is 9.17. The van der Waals surface area contributed by atoms with Crippen LogP contribution in [0.2, 0.25) is 5.02 Å². The van der Waals surface area contributed by atoms with Crippen molar-refractivity contribution in [2.24, 2.45) is 0 Å². The van der Waals surface area contributed by atoms with Crippen molar-refractivity contribution in [3.63, 3.8) is 0 Å². The molecular formula is C24H21BrClN3O2S. The van der Waals surface area contributed by atoms with Gasteiger partial charge in [-0.2, -0.15) is 0 Å². The normalized spacial score (nSPS) is 12.2. The van der Waals surface area contributed by atoms with E-state index in [1.807, 2.05) is 37.3 Å². The number of aromatic nitrogens is 2. The number of carbonyl (C=O) groups is 1. The minimum absolute atomic E-state index is 0.228. The molecule has 8 heteroatoms. The Hall–Kier alpha value is -2.48. The zero-order valence-corrected chi connectivity index (χ0v) is 20.9. The molecule has 1 atom stereocenters. The lowest BCUT2D eigenvalue weighted by atomic mass is 10.0. The number of fused-ring (bicyclic) bond motifs is 1. The SMILES string of the molecule is CCc1sc2ncn(C(C)C(=O)Nc3ccc(C)c(Cl)c3)c(=O)c2c1-c1ccc(Br)cc1. The van der Waals surface area contributed by atoms with Crippen molar-refractivity contribution >= 4 is 60.7 Å². The van der Waals surface area contributed by atoms with Crippen molar-refractivity contribution in [2.75, 3.05) is 5.32 Å². The summed E-state index contributed by atoms with van der Waals surface area (Å²) in [5.41, 5.74) is 3.13. The molecule has 0 aliphatic carbocycles. The summed E-state index contributed by atoms with van der Waals surface area (Å²) in [5.74, 6) is -0.315. The van der Waals surface area contributed by atoms with E-state index in [1.165, 1.54) is 22.2 Å². The van der Waals surface area contributed by atoms with Crippen molar-refractivity contribution in [3.8, 4) is 11.1 Å². The van der Waals surface area contributed by atoms with Crippen LogP contribution in [-0.2, 0) is 11.2 Å². The van der Waals surface area contributed by atoms with Gasteiger partial charge in [0.2, 0.25) is 5.91 Å². The molecule has 4 rings (SSSR count). The number of nitrogens with zero attached hydrogens (tertiary/aromatic N) is 2. The summed E-state index contributed by atoms with van der Waals surface area (Å²) >= 11 is 11.1. The van der Waals surface area contributed by atoms with Gasteiger partial charge < -0.3 is 5.32 Å². The van der Waals surface area contributed by atoms with Crippen LogP contribution in [-0.4, -0.2) is 15.5 Å². The van der Waals surface area contributed by atoms with Crippen LogP contribution in [0.5, 0.6) is 0 Å². The highest BCUT2D eigenvalue weighted by atomic mass is 79.9. The zero-order valence-electron chi connectivity index (χ0n) is 17.8. The van der Waals surface area contributed by atoms with Gasteiger partial charge in [0.15, 0.2) is 0 Å². The molecule has 0 fully saturated rings. The molecule has 0 aliphatic rings. The number of anilines is 1. The van der Waals surface area contributed by atoms with Gasteiger partial charge >= 0.3 is 0 Å². The molecule has 32 heavy (non-hydrogen) atoms. The number of halogens is 2. The molecule has 2 heterocycles. The maximum absolute atomic E-state index is 13.5. The number of benzene rings is 2. The smallest absolute Gasteiger partial charge is 0.263 e. The van der Waals surface area contributed by atoms with Crippen LogP contribution >= 0.6 is 38.9 Å². The lowest BCUT2D eigenvalue weighted by Gasteiger charge is -2.15. The maximum atomic E-state index is 13.5. The van der Waals surface area contributed by atoms with Crippen LogP contribution in [0.4, 0.5) is 5.69 Å². The van der Waals surface area contributed by atoms with E-state index in [-0.39, 0.29) is 11.5 Å². The van der Waals surface area contributed by atoms with E-state index in [1.54, 1.807) is 19.1 Å². The van der Waals surface area contributed by atoms with Crippen molar-refractivity contribution in [3.05, 3.63) is 79.1 Å². The number of carbonyl (C=O) groups excluding carboxylic acids is 1. The third-order valence-electron chi connectivity index (χ3n) is 5.40. The third-order valence-corrected chi connectivity index (χ3v) is 7.58. The van der Waals surface area contributed by atoms with E-state index >= 15 is 0 Å². The average Bonchev–Trinajstić information content (AvgIpc) is 3.16. The van der Waals surface area contributed by atoms with E-state index in [2.05, 4.69) is 33.2 Å². The molecule has 1 amide bonds. The summed E-state index contributed by atoms with van der Waals surface area (Å²) in [6.45, 7) is 5.65. The van der Waals surface area contributed by atoms with Gasteiger partial charge in [0.1, 0.15) is 10.9 Å². The van der Waals surface area contributed by atoms with Gasteiger partial charge in [-0.25, -0.2) is 4.98 Å². The molecule has 0 radical (unpaired) electrons. The van der Waals surface area contributed by atoms with Gasteiger partial charge in [-0.1, -0.05) is 52.7 Å². The second-order valence-electron chi connectivity index (χ2n) is 7.53. The van der Waals surface area contributed by atoms with Gasteiger partial charge in [0, 0.05) is 25.6 Å². The van der Waals surface area contributed by atoms with Crippen molar-refractivity contribution in [1.29, 1.82) is 0 Å². The predicted molar refractivity (Wildman–Crippen MR) is 136 cm³/mol. The average molecular weight is 531 g/mol. The summed E-state index contributed by atoms with van der Waals surface area (Å²) in [6.07, 6.45) is 2.24. The summed E-state index contributed by atoms with van der Waals surface area (Å²) in [5, 5.41) is 3.96. The minimum atomic E-state index is -0.748. The summed E-state index contributed by atoms with van der Waals surface area (Å²) in [6, 6.07) is 12.5. The topological polar surface area (TPSA) is 64.0 Å². The maximum Gasteiger partial charge on any atom is 0.263 e. The lowest BCUT2D eigenvalue weighted by molar-refractivity contribution is -0.118. The molecule has 0 spiro atoms. The molecule has 4 aromatic rings. The number of amides is 1. The first kappa shape index (κ1) is 22.7. The van der Waals surface area contributed by atoms with Crippen LogP contribution in [0.3, 0.4) is 0 Å². The molecule has 2 aromatic carbocycles. The van der Waals surface area contributed by atoms with Crippen molar-refractivity contribution < 1.29 is 4.79 Å².